The fourth-order valence-corrected chi connectivity index (χ4v) is 2.88. The summed E-state index contributed by atoms with van der Waals surface area (Å²) in [5, 5.41) is 7.11. The number of morpholine rings is 1. The summed E-state index contributed by atoms with van der Waals surface area (Å²) in [5.41, 5.74) is 2.32. The van der Waals surface area contributed by atoms with E-state index in [-0.39, 0.29) is 0 Å². The molecule has 3 rings (SSSR count). The molecule has 2 aromatic rings. The second kappa shape index (κ2) is 6.84. The van der Waals surface area contributed by atoms with Crippen LogP contribution in [0.1, 0.15) is 12.5 Å². The van der Waals surface area contributed by atoms with Crippen molar-refractivity contribution in [2.75, 3.05) is 31.2 Å². The van der Waals surface area contributed by atoms with Crippen LogP contribution in [0.3, 0.4) is 0 Å². The third-order valence-corrected chi connectivity index (χ3v) is 4.09. The Morgan fingerprint density at radius 3 is 2.48 bits per heavy atom. The average Bonchev–Trinajstić information content (AvgIpc) is 2.95. The fraction of sp³-hybridized carbons (Fsp3) is 0.316. The lowest BCUT2D eigenvalue weighted by molar-refractivity contribution is 0.122. The number of aromatic nitrogens is 2. The molecule has 1 aromatic carbocycles. The van der Waals surface area contributed by atoms with Gasteiger partial charge in [-0.3, -0.25) is 0 Å². The first-order valence-corrected chi connectivity index (χ1v) is 8.02. The molecule has 23 heavy (non-hydrogen) atoms. The van der Waals surface area contributed by atoms with E-state index in [2.05, 4.69) is 48.7 Å². The van der Waals surface area contributed by atoms with Crippen LogP contribution in [0.15, 0.2) is 36.9 Å². The molecular formula is C19H23N3O. The van der Waals surface area contributed by atoms with Crippen molar-refractivity contribution >= 4 is 18.0 Å². The zero-order valence-corrected chi connectivity index (χ0v) is 13.8. The molecule has 0 radical (unpaired) electrons. The van der Waals surface area contributed by atoms with Crippen LogP contribution in [0.2, 0.25) is 0 Å². The number of aryl methyl sites for hydroxylation is 1. The van der Waals surface area contributed by atoms with Crippen LogP contribution >= 0.6 is 0 Å². The van der Waals surface area contributed by atoms with Crippen LogP contribution in [-0.4, -0.2) is 36.1 Å². The zero-order chi connectivity index (χ0) is 16.2. The predicted molar refractivity (Wildman–Crippen MR) is 95.4 cm³/mol. The maximum absolute atomic E-state index is 5.47. The standard InChI is InChI=1S/C19H23N3O/c1-4-6-17-18(5-2)22(16-9-7-15(3)8-10-16)20-19(17)21-11-13-23-14-12-21/h4-10H,1,11-14H2,2-3H3/b17-6+,18-5+. The minimum atomic E-state index is 0.746. The van der Waals surface area contributed by atoms with Gasteiger partial charge in [-0.05, 0) is 32.1 Å². The smallest absolute Gasteiger partial charge is 0.159 e. The number of benzene rings is 1. The highest BCUT2D eigenvalue weighted by Gasteiger charge is 2.17. The molecule has 2 heterocycles. The van der Waals surface area contributed by atoms with Gasteiger partial charge in [-0.15, -0.1) is 5.10 Å². The molecule has 1 fully saturated rings. The van der Waals surface area contributed by atoms with E-state index >= 15 is 0 Å². The Hall–Kier alpha value is -2.33. The Balaban J connectivity index is 2.19. The second-order valence-corrected chi connectivity index (χ2v) is 5.66. The Kier molecular flexibility index (Phi) is 4.63. The van der Waals surface area contributed by atoms with E-state index in [1.54, 1.807) is 0 Å². The highest BCUT2D eigenvalue weighted by atomic mass is 16.5. The van der Waals surface area contributed by atoms with Gasteiger partial charge in [0.25, 0.3) is 0 Å². The second-order valence-electron chi connectivity index (χ2n) is 5.66. The molecule has 0 aliphatic carbocycles. The molecule has 1 saturated heterocycles. The third kappa shape index (κ3) is 3.08. The van der Waals surface area contributed by atoms with Gasteiger partial charge < -0.3 is 9.64 Å². The van der Waals surface area contributed by atoms with Gasteiger partial charge in [0.05, 0.1) is 24.3 Å². The maximum Gasteiger partial charge on any atom is 0.159 e. The van der Waals surface area contributed by atoms with E-state index in [0.29, 0.717) is 0 Å². The monoisotopic (exact) mass is 309 g/mol. The molecule has 0 amide bonds. The minimum Gasteiger partial charge on any atom is -0.378 e. The van der Waals surface area contributed by atoms with Gasteiger partial charge in [-0.25, -0.2) is 4.68 Å². The molecule has 0 N–H and O–H groups in total. The summed E-state index contributed by atoms with van der Waals surface area (Å²) in [7, 11) is 0. The fourth-order valence-electron chi connectivity index (χ4n) is 2.88. The Morgan fingerprint density at radius 1 is 1.17 bits per heavy atom. The Morgan fingerprint density at radius 2 is 1.87 bits per heavy atom. The highest BCUT2D eigenvalue weighted by Crippen LogP contribution is 2.10. The SMILES string of the molecule is C=C/C=c1/c(N2CCOCC2)nn(-c2ccc(C)cc2)/c1=C/C. The van der Waals surface area contributed by atoms with Crippen LogP contribution in [0.4, 0.5) is 5.82 Å². The Labute approximate surface area is 137 Å². The largest absolute Gasteiger partial charge is 0.378 e. The summed E-state index contributed by atoms with van der Waals surface area (Å²) in [6.07, 6.45) is 5.97. The van der Waals surface area contributed by atoms with Gasteiger partial charge in [0.15, 0.2) is 5.82 Å². The molecule has 0 unspecified atom stereocenters. The quantitative estimate of drug-likeness (QED) is 0.866. The lowest BCUT2D eigenvalue weighted by Gasteiger charge is -2.26. The average molecular weight is 309 g/mol. The van der Waals surface area contributed by atoms with Gasteiger partial charge in [-0.1, -0.05) is 36.4 Å². The topological polar surface area (TPSA) is 30.3 Å². The van der Waals surface area contributed by atoms with Gasteiger partial charge >= 0.3 is 0 Å². The number of hydrogen-bond donors (Lipinski definition) is 0. The van der Waals surface area contributed by atoms with Crippen LogP contribution in [-0.2, 0) is 4.74 Å². The van der Waals surface area contributed by atoms with Crippen molar-refractivity contribution in [3.8, 4) is 5.69 Å². The number of allylic oxidation sites excluding steroid dienone is 1. The summed E-state index contributed by atoms with van der Waals surface area (Å²) >= 11 is 0. The van der Waals surface area contributed by atoms with Crippen molar-refractivity contribution in [3.05, 3.63) is 53.1 Å². The van der Waals surface area contributed by atoms with Gasteiger partial charge in [0, 0.05) is 18.3 Å². The van der Waals surface area contributed by atoms with Crippen molar-refractivity contribution in [3.63, 3.8) is 0 Å². The third-order valence-electron chi connectivity index (χ3n) is 4.09. The van der Waals surface area contributed by atoms with E-state index in [9.17, 15) is 0 Å². The van der Waals surface area contributed by atoms with Gasteiger partial charge in [0.1, 0.15) is 0 Å². The van der Waals surface area contributed by atoms with Crippen molar-refractivity contribution in [1.29, 1.82) is 0 Å². The summed E-state index contributed by atoms with van der Waals surface area (Å²) < 4.78 is 7.48. The summed E-state index contributed by atoms with van der Waals surface area (Å²) in [6.45, 7) is 11.2. The van der Waals surface area contributed by atoms with Crippen LogP contribution < -0.4 is 15.5 Å². The first-order valence-electron chi connectivity index (χ1n) is 8.02. The molecular weight excluding hydrogens is 286 g/mol. The molecule has 4 nitrogen and oxygen atoms in total. The van der Waals surface area contributed by atoms with Crippen molar-refractivity contribution < 1.29 is 4.74 Å². The molecule has 120 valence electrons. The van der Waals surface area contributed by atoms with Gasteiger partial charge in [-0.2, -0.15) is 0 Å². The van der Waals surface area contributed by atoms with E-state index in [1.807, 2.05) is 23.8 Å². The zero-order valence-electron chi connectivity index (χ0n) is 13.8. The van der Waals surface area contributed by atoms with E-state index in [1.165, 1.54) is 5.56 Å². The summed E-state index contributed by atoms with van der Waals surface area (Å²) in [4.78, 5) is 2.29. The number of anilines is 1. The predicted octanol–water partition coefficient (Wildman–Crippen LogP) is 1.78. The maximum atomic E-state index is 5.47. The summed E-state index contributed by atoms with van der Waals surface area (Å²) in [6, 6.07) is 8.44. The lowest BCUT2D eigenvalue weighted by atomic mass is 10.2. The van der Waals surface area contributed by atoms with Crippen LogP contribution in [0.25, 0.3) is 17.8 Å². The number of ether oxygens (including phenoxy) is 1. The van der Waals surface area contributed by atoms with E-state index in [0.717, 1.165) is 48.4 Å². The van der Waals surface area contributed by atoms with Crippen molar-refractivity contribution in [2.45, 2.75) is 13.8 Å². The molecule has 1 aliphatic rings. The number of rotatable bonds is 3. The summed E-state index contributed by atoms with van der Waals surface area (Å²) in [5.74, 6) is 1.00. The van der Waals surface area contributed by atoms with Crippen LogP contribution in [0, 0.1) is 6.92 Å². The molecule has 4 heteroatoms. The van der Waals surface area contributed by atoms with E-state index < -0.39 is 0 Å². The molecule has 1 aliphatic heterocycles. The van der Waals surface area contributed by atoms with Crippen molar-refractivity contribution in [1.82, 2.24) is 9.78 Å². The Bertz CT molecular complexity index is 796. The molecule has 0 atom stereocenters. The first kappa shape index (κ1) is 15.6. The molecule has 1 aromatic heterocycles. The minimum absolute atomic E-state index is 0.746. The molecule has 0 bridgehead atoms. The van der Waals surface area contributed by atoms with Crippen molar-refractivity contribution in [2.24, 2.45) is 0 Å². The molecule has 0 saturated carbocycles. The van der Waals surface area contributed by atoms with Gasteiger partial charge in [0.2, 0.25) is 0 Å². The molecule has 0 spiro atoms. The van der Waals surface area contributed by atoms with E-state index in [4.69, 9.17) is 9.84 Å². The number of hydrogen-bond acceptors (Lipinski definition) is 3. The number of nitrogens with zero attached hydrogens (tertiary/aromatic N) is 3. The van der Waals surface area contributed by atoms with Crippen LogP contribution in [0.5, 0.6) is 0 Å². The highest BCUT2D eigenvalue weighted by molar-refractivity contribution is 5.52. The lowest BCUT2D eigenvalue weighted by Crippen LogP contribution is -2.40. The first-order chi connectivity index (χ1) is 11.2. The normalized spacial score (nSPS) is 16.9.